The Balaban J connectivity index is 2.77. The van der Waals surface area contributed by atoms with Crippen LogP contribution < -0.4 is 21.3 Å². The third-order valence-electron chi connectivity index (χ3n) is 1.62. The molecule has 0 aliphatic heterocycles. The minimum absolute atomic E-state index is 0.149. The first-order chi connectivity index (χ1) is 7.17. The second-order valence-electron chi connectivity index (χ2n) is 2.68. The minimum Gasteiger partial charge on any atom is -0.491 e. The van der Waals surface area contributed by atoms with Crippen molar-refractivity contribution in [2.24, 2.45) is 5.84 Å². The predicted octanol–water partition coefficient (Wildman–Crippen LogP) is 1.22. The lowest BCUT2D eigenvalue weighted by atomic mass is 10.3. The van der Waals surface area contributed by atoms with Gasteiger partial charge in [-0.3, -0.25) is 5.43 Å². The van der Waals surface area contributed by atoms with Gasteiger partial charge in [0.2, 0.25) is 0 Å². The fraction of sp³-hybridized carbons (Fsp3) is 0.222. The third-order valence-corrected chi connectivity index (χ3v) is 1.62. The number of ether oxygens (including phenoxy) is 1. The molecule has 0 aliphatic rings. The highest BCUT2D eigenvalue weighted by Crippen LogP contribution is 2.20. The van der Waals surface area contributed by atoms with Gasteiger partial charge in [-0.2, -0.15) is 0 Å². The molecule has 2 amide bonds. The van der Waals surface area contributed by atoms with Gasteiger partial charge in [0.25, 0.3) is 0 Å². The highest BCUT2D eigenvalue weighted by molar-refractivity contribution is 5.88. The molecule has 5 nitrogen and oxygen atoms in total. The van der Waals surface area contributed by atoms with Crippen LogP contribution in [0.25, 0.3) is 0 Å². The largest absolute Gasteiger partial charge is 0.491 e. The van der Waals surface area contributed by atoms with Crippen LogP contribution in [0.3, 0.4) is 0 Å². The molecule has 0 fully saturated rings. The van der Waals surface area contributed by atoms with Crippen LogP contribution >= 0.6 is 0 Å². The smallest absolute Gasteiger partial charge is 0.333 e. The molecule has 0 heterocycles. The summed E-state index contributed by atoms with van der Waals surface area (Å²) in [5.41, 5.74) is 2.17. The van der Waals surface area contributed by atoms with E-state index in [1.165, 1.54) is 12.1 Å². The van der Waals surface area contributed by atoms with Gasteiger partial charge in [-0.1, -0.05) is 0 Å². The summed E-state index contributed by atoms with van der Waals surface area (Å²) in [5, 5.41) is 2.33. The summed E-state index contributed by atoms with van der Waals surface area (Å²) in [5.74, 6) is 4.47. The molecule has 0 radical (unpaired) electrons. The van der Waals surface area contributed by atoms with E-state index in [1.54, 1.807) is 6.92 Å². The molecule has 0 bridgehead atoms. The Morgan fingerprint density at radius 1 is 1.60 bits per heavy atom. The lowest BCUT2D eigenvalue weighted by molar-refractivity contribution is 0.252. The van der Waals surface area contributed by atoms with Crippen molar-refractivity contribution in [2.45, 2.75) is 6.92 Å². The molecule has 6 heteroatoms. The second kappa shape index (κ2) is 5.16. The van der Waals surface area contributed by atoms with E-state index >= 15 is 0 Å². The van der Waals surface area contributed by atoms with Crippen molar-refractivity contribution >= 4 is 11.7 Å². The molecule has 0 atom stereocenters. The van der Waals surface area contributed by atoms with Crippen molar-refractivity contribution in [1.29, 1.82) is 0 Å². The van der Waals surface area contributed by atoms with Crippen molar-refractivity contribution in [1.82, 2.24) is 5.43 Å². The number of rotatable bonds is 3. The molecule has 1 rings (SSSR count). The Hall–Kier alpha value is -1.82. The molecule has 1 aromatic rings. The summed E-state index contributed by atoms with van der Waals surface area (Å²) in [4.78, 5) is 10.8. The number of nitrogens with one attached hydrogen (secondary N) is 2. The molecule has 0 saturated heterocycles. The first-order valence-corrected chi connectivity index (χ1v) is 4.37. The van der Waals surface area contributed by atoms with Gasteiger partial charge in [-0.25, -0.2) is 15.0 Å². The van der Waals surface area contributed by atoms with E-state index in [4.69, 9.17) is 10.6 Å². The number of carbonyl (C=O) groups is 1. The average molecular weight is 213 g/mol. The van der Waals surface area contributed by atoms with Crippen LogP contribution in [-0.4, -0.2) is 12.6 Å². The first-order valence-electron chi connectivity index (χ1n) is 4.37. The summed E-state index contributed by atoms with van der Waals surface area (Å²) in [6.07, 6.45) is 0. The van der Waals surface area contributed by atoms with Gasteiger partial charge in [0.05, 0.1) is 6.61 Å². The van der Waals surface area contributed by atoms with Crippen LogP contribution in [-0.2, 0) is 0 Å². The third kappa shape index (κ3) is 3.10. The van der Waals surface area contributed by atoms with Crippen LogP contribution in [0.1, 0.15) is 6.92 Å². The number of anilines is 1. The summed E-state index contributed by atoms with van der Waals surface area (Å²) in [6.45, 7) is 2.14. The molecule has 4 N–H and O–H groups in total. The van der Waals surface area contributed by atoms with E-state index in [0.717, 1.165) is 6.07 Å². The standard InChI is InChI=1S/C9H12FN3O2/c1-2-15-8-4-3-6(5-7(8)10)12-9(14)13-11/h3-5H,2,11H2,1H3,(H2,12,13,14). The molecular formula is C9H12FN3O2. The van der Waals surface area contributed by atoms with Crippen LogP contribution in [0.5, 0.6) is 5.75 Å². The fourth-order valence-electron chi connectivity index (χ4n) is 1.02. The average Bonchev–Trinajstić information content (AvgIpc) is 2.22. The van der Waals surface area contributed by atoms with E-state index in [0.29, 0.717) is 12.3 Å². The van der Waals surface area contributed by atoms with Crippen molar-refractivity contribution in [3.63, 3.8) is 0 Å². The Morgan fingerprint density at radius 2 is 2.33 bits per heavy atom. The monoisotopic (exact) mass is 213 g/mol. The lowest BCUT2D eigenvalue weighted by Gasteiger charge is -2.07. The summed E-state index contributed by atoms with van der Waals surface area (Å²) in [6, 6.07) is 3.49. The van der Waals surface area contributed by atoms with Gasteiger partial charge < -0.3 is 10.1 Å². The van der Waals surface area contributed by atoms with Gasteiger partial charge in [0.15, 0.2) is 11.6 Å². The molecule has 0 aromatic heterocycles. The summed E-state index contributed by atoms with van der Waals surface area (Å²) >= 11 is 0. The number of benzene rings is 1. The van der Waals surface area contributed by atoms with E-state index in [9.17, 15) is 9.18 Å². The summed E-state index contributed by atoms with van der Waals surface area (Å²) < 4.78 is 18.3. The molecule has 0 spiro atoms. The van der Waals surface area contributed by atoms with Gasteiger partial charge in [0.1, 0.15) is 0 Å². The highest BCUT2D eigenvalue weighted by atomic mass is 19.1. The molecule has 15 heavy (non-hydrogen) atoms. The molecule has 82 valence electrons. The second-order valence-corrected chi connectivity index (χ2v) is 2.68. The van der Waals surface area contributed by atoms with Crippen LogP contribution in [0, 0.1) is 5.82 Å². The van der Waals surface area contributed by atoms with Gasteiger partial charge in [-0.15, -0.1) is 0 Å². The molecule has 0 unspecified atom stereocenters. The highest BCUT2D eigenvalue weighted by Gasteiger charge is 2.05. The number of urea groups is 1. The number of hydrogen-bond acceptors (Lipinski definition) is 3. The quantitative estimate of drug-likeness (QED) is 0.401. The maximum absolute atomic E-state index is 13.3. The molecule has 0 saturated carbocycles. The van der Waals surface area contributed by atoms with Crippen molar-refractivity contribution < 1.29 is 13.9 Å². The number of halogens is 1. The first kappa shape index (κ1) is 11.3. The molecule has 0 aliphatic carbocycles. The van der Waals surface area contributed by atoms with E-state index in [-0.39, 0.29) is 5.75 Å². The van der Waals surface area contributed by atoms with Crippen molar-refractivity contribution in [3.8, 4) is 5.75 Å². The topological polar surface area (TPSA) is 76.4 Å². The van der Waals surface area contributed by atoms with Crippen LogP contribution in [0.15, 0.2) is 18.2 Å². The Morgan fingerprint density at radius 3 is 2.87 bits per heavy atom. The van der Waals surface area contributed by atoms with Crippen LogP contribution in [0.4, 0.5) is 14.9 Å². The zero-order valence-electron chi connectivity index (χ0n) is 8.21. The van der Waals surface area contributed by atoms with Gasteiger partial charge in [-0.05, 0) is 19.1 Å². The normalized spacial score (nSPS) is 9.53. The van der Waals surface area contributed by atoms with Crippen LogP contribution in [0.2, 0.25) is 0 Å². The van der Waals surface area contributed by atoms with E-state index < -0.39 is 11.8 Å². The summed E-state index contributed by atoms with van der Waals surface area (Å²) in [7, 11) is 0. The Kier molecular flexibility index (Phi) is 3.87. The number of carbonyl (C=O) groups excluding carboxylic acids is 1. The SMILES string of the molecule is CCOc1ccc(NC(=O)NN)cc1F. The maximum atomic E-state index is 13.3. The Bertz CT molecular complexity index is 357. The van der Waals surface area contributed by atoms with E-state index in [2.05, 4.69) is 5.32 Å². The maximum Gasteiger partial charge on any atom is 0.333 e. The lowest BCUT2D eigenvalue weighted by Crippen LogP contribution is -2.34. The predicted molar refractivity (Wildman–Crippen MR) is 53.9 cm³/mol. The van der Waals surface area contributed by atoms with Gasteiger partial charge >= 0.3 is 6.03 Å². The van der Waals surface area contributed by atoms with E-state index in [1.807, 2.05) is 5.43 Å². The molecular weight excluding hydrogens is 201 g/mol. The number of amides is 2. The number of nitrogens with two attached hydrogens (primary N) is 1. The Labute approximate surface area is 86.4 Å². The minimum atomic E-state index is -0.612. The number of hydrogen-bond donors (Lipinski definition) is 3. The van der Waals surface area contributed by atoms with Crippen molar-refractivity contribution in [2.75, 3.05) is 11.9 Å². The zero-order chi connectivity index (χ0) is 11.3. The fourth-order valence-corrected chi connectivity index (χ4v) is 1.02. The van der Waals surface area contributed by atoms with Gasteiger partial charge in [0, 0.05) is 11.8 Å². The van der Waals surface area contributed by atoms with Crippen molar-refractivity contribution in [3.05, 3.63) is 24.0 Å². The number of hydrazine groups is 1. The zero-order valence-corrected chi connectivity index (χ0v) is 8.21. The molecule has 1 aromatic carbocycles.